The number of anilines is 1. The summed E-state index contributed by atoms with van der Waals surface area (Å²) in [5.41, 5.74) is 2.55. The van der Waals surface area contributed by atoms with E-state index in [2.05, 4.69) is 27.8 Å². The highest BCUT2D eigenvalue weighted by atomic mass is 32.1. The minimum atomic E-state index is -0.345. The van der Waals surface area contributed by atoms with Crippen LogP contribution in [-0.2, 0) is 0 Å². The predicted octanol–water partition coefficient (Wildman–Crippen LogP) is 3.62. The maximum atomic E-state index is 12.6. The van der Waals surface area contributed by atoms with Gasteiger partial charge in [-0.25, -0.2) is 9.78 Å². The van der Waals surface area contributed by atoms with E-state index in [1.165, 1.54) is 4.88 Å². The van der Waals surface area contributed by atoms with Crippen LogP contribution in [-0.4, -0.2) is 47.0 Å². The number of aromatic nitrogens is 2. The summed E-state index contributed by atoms with van der Waals surface area (Å²) in [7, 11) is 0. The first-order chi connectivity index (χ1) is 13.6. The zero-order chi connectivity index (χ0) is 19.3. The Morgan fingerprint density at radius 2 is 1.96 bits per heavy atom. The quantitative estimate of drug-likeness (QED) is 0.497. The van der Waals surface area contributed by atoms with Crippen LogP contribution in [0.15, 0.2) is 45.9 Å². The Kier molecular flexibility index (Phi) is 4.21. The third kappa shape index (κ3) is 3.00. The Morgan fingerprint density at radius 1 is 1.14 bits per heavy atom. The molecule has 144 valence electrons. The van der Waals surface area contributed by atoms with Gasteiger partial charge >= 0.3 is 5.63 Å². The largest absolute Gasteiger partial charge is 0.422 e. The predicted molar refractivity (Wildman–Crippen MR) is 114 cm³/mol. The first-order valence-corrected chi connectivity index (χ1v) is 10.4. The number of likely N-dealkylation sites (N-methyl/N-ethyl adjacent to an activating group) is 1. The molecule has 0 N–H and O–H groups in total. The highest BCUT2D eigenvalue weighted by Crippen LogP contribution is 2.27. The van der Waals surface area contributed by atoms with Crippen LogP contribution in [0.1, 0.15) is 11.8 Å². The van der Waals surface area contributed by atoms with E-state index >= 15 is 0 Å². The summed E-state index contributed by atoms with van der Waals surface area (Å²) < 4.78 is 7.64. The van der Waals surface area contributed by atoms with Crippen molar-refractivity contribution in [3.05, 3.63) is 52.0 Å². The molecule has 0 bridgehead atoms. The Labute approximate surface area is 166 Å². The second kappa shape index (κ2) is 6.76. The Morgan fingerprint density at radius 3 is 2.71 bits per heavy atom. The van der Waals surface area contributed by atoms with Crippen molar-refractivity contribution < 1.29 is 4.42 Å². The molecule has 0 atom stereocenters. The van der Waals surface area contributed by atoms with E-state index in [4.69, 9.17) is 4.42 Å². The number of rotatable bonds is 3. The average Bonchev–Trinajstić information content (AvgIpc) is 3.24. The van der Waals surface area contributed by atoms with Gasteiger partial charge in [0, 0.05) is 60.6 Å². The van der Waals surface area contributed by atoms with Gasteiger partial charge in [-0.15, -0.1) is 11.3 Å². The van der Waals surface area contributed by atoms with Crippen LogP contribution in [0, 0.1) is 6.92 Å². The lowest BCUT2D eigenvalue weighted by molar-refractivity contribution is 0.271. The molecule has 3 aromatic heterocycles. The summed E-state index contributed by atoms with van der Waals surface area (Å²) in [6, 6.07) is 8.02. The van der Waals surface area contributed by atoms with Crippen molar-refractivity contribution in [2.24, 2.45) is 0 Å². The Bertz CT molecular complexity index is 1180. The molecule has 0 amide bonds. The van der Waals surface area contributed by atoms with Gasteiger partial charge in [-0.1, -0.05) is 6.92 Å². The SMILES string of the molecule is CCN1CCN(c2ccc3cc(-c4cn5cc(C)sc5n4)c(=O)oc3c2)CC1. The summed E-state index contributed by atoms with van der Waals surface area (Å²) in [5.74, 6) is 0. The molecule has 1 aromatic carbocycles. The van der Waals surface area contributed by atoms with Gasteiger partial charge in [0.05, 0.1) is 11.3 Å². The zero-order valence-electron chi connectivity index (χ0n) is 16.0. The number of piperazine rings is 1. The number of nitrogens with zero attached hydrogens (tertiary/aromatic N) is 4. The van der Waals surface area contributed by atoms with Crippen LogP contribution in [0.2, 0.25) is 0 Å². The topological polar surface area (TPSA) is 54.0 Å². The molecule has 6 nitrogen and oxygen atoms in total. The molecule has 0 radical (unpaired) electrons. The smallest absolute Gasteiger partial charge is 0.345 e. The molecule has 0 aliphatic carbocycles. The highest BCUT2D eigenvalue weighted by Gasteiger charge is 2.17. The maximum Gasteiger partial charge on any atom is 0.345 e. The van der Waals surface area contributed by atoms with E-state index in [0.717, 1.165) is 48.8 Å². The van der Waals surface area contributed by atoms with E-state index in [1.807, 2.05) is 41.9 Å². The lowest BCUT2D eigenvalue weighted by Gasteiger charge is -2.35. The number of benzene rings is 1. The van der Waals surface area contributed by atoms with Gasteiger partial charge in [0.15, 0.2) is 4.96 Å². The summed E-state index contributed by atoms with van der Waals surface area (Å²) >= 11 is 1.61. The summed E-state index contributed by atoms with van der Waals surface area (Å²) in [5, 5.41) is 0.915. The van der Waals surface area contributed by atoms with Crippen molar-refractivity contribution in [3.63, 3.8) is 0 Å². The van der Waals surface area contributed by atoms with Crippen LogP contribution in [0.4, 0.5) is 5.69 Å². The zero-order valence-corrected chi connectivity index (χ0v) is 16.8. The standard InChI is InChI=1S/C21H22N4O2S/c1-3-23-6-8-24(9-7-23)16-5-4-15-10-17(20(26)27-19(15)11-16)18-13-25-12-14(2)28-21(25)22-18/h4-5,10-13H,3,6-9H2,1-2H3. The average molecular weight is 395 g/mol. The fourth-order valence-electron chi connectivity index (χ4n) is 3.84. The molecule has 1 aliphatic heterocycles. The lowest BCUT2D eigenvalue weighted by Crippen LogP contribution is -2.46. The van der Waals surface area contributed by atoms with E-state index in [1.54, 1.807) is 11.3 Å². The number of fused-ring (bicyclic) bond motifs is 2. The van der Waals surface area contributed by atoms with Gasteiger partial charge in [0.2, 0.25) is 0 Å². The number of thiazole rings is 1. The second-order valence-corrected chi connectivity index (χ2v) is 8.46. The summed E-state index contributed by atoms with van der Waals surface area (Å²) in [4.78, 5) is 24.1. The van der Waals surface area contributed by atoms with Crippen LogP contribution in [0.5, 0.6) is 0 Å². The van der Waals surface area contributed by atoms with Crippen LogP contribution < -0.4 is 10.5 Å². The molecule has 5 rings (SSSR count). The van der Waals surface area contributed by atoms with E-state index in [-0.39, 0.29) is 5.63 Å². The van der Waals surface area contributed by atoms with Crippen LogP contribution in [0.3, 0.4) is 0 Å². The maximum absolute atomic E-state index is 12.6. The molecule has 1 saturated heterocycles. The molecule has 1 fully saturated rings. The fraction of sp³-hybridized carbons (Fsp3) is 0.333. The van der Waals surface area contributed by atoms with E-state index < -0.39 is 0 Å². The molecule has 0 saturated carbocycles. The van der Waals surface area contributed by atoms with Gasteiger partial charge < -0.3 is 14.2 Å². The number of imidazole rings is 1. The third-order valence-corrected chi connectivity index (χ3v) is 6.36. The minimum Gasteiger partial charge on any atom is -0.422 e. The van der Waals surface area contributed by atoms with Crippen molar-refractivity contribution in [2.45, 2.75) is 13.8 Å². The molecule has 28 heavy (non-hydrogen) atoms. The molecule has 0 unspecified atom stereocenters. The summed E-state index contributed by atoms with van der Waals surface area (Å²) in [6.07, 6.45) is 3.90. The molecule has 4 heterocycles. The van der Waals surface area contributed by atoms with Gasteiger partial charge in [0.1, 0.15) is 5.58 Å². The molecular weight excluding hydrogens is 372 g/mol. The van der Waals surface area contributed by atoms with Crippen LogP contribution >= 0.6 is 11.3 Å². The Balaban J connectivity index is 1.49. The van der Waals surface area contributed by atoms with Gasteiger partial charge in [-0.3, -0.25) is 4.40 Å². The molecule has 7 heteroatoms. The Hall–Kier alpha value is -2.64. The van der Waals surface area contributed by atoms with Crippen molar-refractivity contribution in [1.29, 1.82) is 0 Å². The number of hydrogen-bond acceptors (Lipinski definition) is 6. The lowest BCUT2D eigenvalue weighted by atomic mass is 10.1. The van der Waals surface area contributed by atoms with Gasteiger partial charge in [-0.05, 0) is 31.7 Å². The van der Waals surface area contributed by atoms with E-state index in [9.17, 15) is 4.79 Å². The summed E-state index contributed by atoms with van der Waals surface area (Å²) in [6.45, 7) is 9.45. The van der Waals surface area contributed by atoms with E-state index in [0.29, 0.717) is 16.8 Å². The minimum absolute atomic E-state index is 0.345. The second-order valence-electron chi connectivity index (χ2n) is 7.25. The molecule has 0 spiro atoms. The molecular formula is C21H22N4O2S. The number of aryl methyl sites for hydroxylation is 1. The van der Waals surface area contributed by atoms with Crippen molar-refractivity contribution >= 4 is 33.0 Å². The first kappa shape index (κ1) is 17.5. The monoisotopic (exact) mass is 394 g/mol. The highest BCUT2D eigenvalue weighted by molar-refractivity contribution is 7.17. The third-order valence-electron chi connectivity index (χ3n) is 5.45. The molecule has 1 aliphatic rings. The van der Waals surface area contributed by atoms with Gasteiger partial charge in [-0.2, -0.15) is 0 Å². The van der Waals surface area contributed by atoms with Crippen LogP contribution in [0.25, 0.3) is 27.2 Å². The fourth-order valence-corrected chi connectivity index (χ4v) is 4.65. The van der Waals surface area contributed by atoms with Crippen molar-refractivity contribution in [1.82, 2.24) is 14.3 Å². The normalized spacial score (nSPS) is 15.7. The number of hydrogen-bond donors (Lipinski definition) is 0. The molecule has 4 aromatic rings. The van der Waals surface area contributed by atoms with Gasteiger partial charge in [0.25, 0.3) is 0 Å². The van der Waals surface area contributed by atoms with Crippen molar-refractivity contribution in [3.8, 4) is 11.3 Å². The van der Waals surface area contributed by atoms with Crippen molar-refractivity contribution in [2.75, 3.05) is 37.6 Å². The first-order valence-electron chi connectivity index (χ1n) is 9.61.